The number of amides is 1. The minimum Gasteiger partial charge on any atom is -0.497 e. The number of nitrogens with one attached hydrogen (secondary N) is 1. The first-order valence-corrected chi connectivity index (χ1v) is 8.16. The standard InChI is InChI=1S/C18H22N4O2/c1-19-18(23)16-6-7-17(21-20-16)22-10-8-13(9-11-22)14-4-3-5-15(12-14)24-2/h3-7,12-13H,8-11H2,1-2H3,(H,19,23). The second kappa shape index (κ2) is 7.29. The predicted molar refractivity (Wildman–Crippen MR) is 92.6 cm³/mol. The van der Waals surface area contributed by atoms with E-state index in [0.717, 1.165) is 37.5 Å². The molecule has 3 rings (SSSR count). The molecule has 1 saturated heterocycles. The van der Waals surface area contributed by atoms with Crippen LogP contribution in [0.25, 0.3) is 0 Å². The van der Waals surface area contributed by atoms with Gasteiger partial charge in [-0.2, -0.15) is 0 Å². The smallest absolute Gasteiger partial charge is 0.271 e. The maximum absolute atomic E-state index is 11.5. The van der Waals surface area contributed by atoms with Crippen molar-refractivity contribution in [3.63, 3.8) is 0 Å². The molecule has 1 aliphatic rings. The lowest BCUT2D eigenvalue weighted by Gasteiger charge is -2.32. The van der Waals surface area contributed by atoms with Gasteiger partial charge in [-0.25, -0.2) is 0 Å². The molecule has 1 aromatic heterocycles. The van der Waals surface area contributed by atoms with Gasteiger partial charge in [-0.3, -0.25) is 4.79 Å². The molecule has 6 heteroatoms. The highest BCUT2D eigenvalue weighted by Crippen LogP contribution is 2.31. The van der Waals surface area contributed by atoms with Crippen LogP contribution in [0.5, 0.6) is 5.75 Å². The molecule has 24 heavy (non-hydrogen) atoms. The molecule has 1 aromatic carbocycles. The van der Waals surface area contributed by atoms with Crippen molar-refractivity contribution >= 4 is 11.7 Å². The number of anilines is 1. The zero-order valence-corrected chi connectivity index (χ0v) is 14.0. The Balaban J connectivity index is 1.63. The number of benzene rings is 1. The summed E-state index contributed by atoms with van der Waals surface area (Å²) in [6.45, 7) is 1.85. The molecule has 2 heterocycles. The van der Waals surface area contributed by atoms with Crippen LogP contribution < -0.4 is 15.0 Å². The van der Waals surface area contributed by atoms with Crippen LogP contribution in [0.2, 0.25) is 0 Å². The van der Waals surface area contributed by atoms with E-state index < -0.39 is 0 Å². The number of methoxy groups -OCH3 is 1. The SMILES string of the molecule is CNC(=O)c1ccc(N2CCC(c3cccc(OC)c3)CC2)nn1. The molecule has 1 fully saturated rings. The van der Waals surface area contributed by atoms with Crippen LogP contribution in [0, 0.1) is 0 Å². The Hall–Kier alpha value is -2.63. The lowest BCUT2D eigenvalue weighted by Crippen LogP contribution is -2.33. The fraction of sp³-hybridized carbons (Fsp3) is 0.389. The molecule has 0 aliphatic carbocycles. The highest BCUT2D eigenvalue weighted by atomic mass is 16.5. The molecule has 1 N–H and O–H groups in total. The van der Waals surface area contributed by atoms with Gasteiger partial charge in [0.15, 0.2) is 11.5 Å². The van der Waals surface area contributed by atoms with E-state index in [9.17, 15) is 4.79 Å². The quantitative estimate of drug-likeness (QED) is 0.933. The van der Waals surface area contributed by atoms with Crippen LogP contribution in [0.3, 0.4) is 0 Å². The number of carbonyl (C=O) groups excluding carboxylic acids is 1. The van der Waals surface area contributed by atoms with E-state index in [2.05, 4.69) is 32.5 Å². The minimum atomic E-state index is -0.217. The molecule has 1 aliphatic heterocycles. The van der Waals surface area contributed by atoms with Crippen LogP contribution in [0.1, 0.15) is 34.8 Å². The van der Waals surface area contributed by atoms with Crippen molar-refractivity contribution in [1.29, 1.82) is 0 Å². The molecule has 2 aromatic rings. The van der Waals surface area contributed by atoms with Crippen LogP contribution in [0.15, 0.2) is 36.4 Å². The first kappa shape index (κ1) is 16.2. The number of carbonyl (C=O) groups is 1. The molecule has 0 unspecified atom stereocenters. The van der Waals surface area contributed by atoms with Gasteiger partial charge in [-0.15, -0.1) is 10.2 Å². The van der Waals surface area contributed by atoms with Gasteiger partial charge in [-0.1, -0.05) is 12.1 Å². The number of hydrogen-bond donors (Lipinski definition) is 1. The van der Waals surface area contributed by atoms with Crippen molar-refractivity contribution in [2.45, 2.75) is 18.8 Å². The molecule has 1 amide bonds. The van der Waals surface area contributed by atoms with Crippen molar-refractivity contribution in [3.05, 3.63) is 47.7 Å². The average molecular weight is 326 g/mol. The summed E-state index contributed by atoms with van der Waals surface area (Å²) in [6.07, 6.45) is 2.12. The number of aromatic nitrogens is 2. The molecular formula is C18H22N4O2. The van der Waals surface area contributed by atoms with E-state index in [-0.39, 0.29) is 5.91 Å². The van der Waals surface area contributed by atoms with Crippen LogP contribution in [0.4, 0.5) is 5.82 Å². The summed E-state index contributed by atoms with van der Waals surface area (Å²) in [4.78, 5) is 13.7. The Morgan fingerprint density at radius 1 is 1.21 bits per heavy atom. The molecular weight excluding hydrogens is 304 g/mol. The summed E-state index contributed by atoms with van der Waals surface area (Å²) < 4.78 is 5.31. The van der Waals surface area contributed by atoms with E-state index >= 15 is 0 Å². The minimum absolute atomic E-state index is 0.217. The number of hydrogen-bond acceptors (Lipinski definition) is 5. The fourth-order valence-corrected chi connectivity index (χ4v) is 3.08. The monoisotopic (exact) mass is 326 g/mol. The molecule has 0 saturated carbocycles. The largest absolute Gasteiger partial charge is 0.497 e. The van der Waals surface area contributed by atoms with Gasteiger partial charge in [0.05, 0.1) is 7.11 Å². The van der Waals surface area contributed by atoms with E-state index in [0.29, 0.717) is 11.6 Å². The highest BCUT2D eigenvalue weighted by molar-refractivity contribution is 5.91. The Bertz CT molecular complexity index is 694. The third kappa shape index (κ3) is 3.48. The molecule has 0 atom stereocenters. The van der Waals surface area contributed by atoms with Gasteiger partial charge in [-0.05, 0) is 48.6 Å². The zero-order valence-electron chi connectivity index (χ0n) is 14.0. The van der Waals surface area contributed by atoms with Gasteiger partial charge in [0, 0.05) is 20.1 Å². The second-order valence-electron chi connectivity index (χ2n) is 5.89. The molecule has 6 nitrogen and oxygen atoms in total. The Morgan fingerprint density at radius 2 is 2.00 bits per heavy atom. The first-order chi connectivity index (χ1) is 11.7. The van der Waals surface area contributed by atoms with Gasteiger partial charge >= 0.3 is 0 Å². The maximum atomic E-state index is 11.5. The molecule has 0 radical (unpaired) electrons. The maximum Gasteiger partial charge on any atom is 0.271 e. The van der Waals surface area contributed by atoms with Gasteiger partial charge < -0.3 is 15.0 Å². The topological polar surface area (TPSA) is 67.4 Å². The number of rotatable bonds is 4. The number of ether oxygens (including phenoxy) is 1. The summed E-state index contributed by atoms with van der Waals surface area (Å²) in [5.74, 6) is 2.05. The van der Waals surface area contributed by atoms with Crippen LogP contribution in [-0.2, 0) is 0 Å². The van der Waals surface area contributed by atoms with Crippen molar-refractivity contribution in [3.8, 4) is 5.75 Å². The van der Waals surface area contributed by atoms with Crippen molar-refractivity contribution in [1.82, 2.24) is 15.5 Å². The Morgan fingerprint density at radius 3 is 2.62 bits per heavy atom. The van der Waals surface area contributed by atoms with Crippen LogP contribution in [-0.4, -0.2) is 43.4 Å². The van der Waals surface area contributed by atoms with Crippen molar-refractivity contribution in [2.24, 2.45) is 0 Å². The van der Waals surface area contributed by atoms with Gasteiger partial charge in [0.2, 0.25) is 0 Å². The summed E-state index contributed by atoms with van der Waals surface area (Å²) >= 11 is 0. The van der Waals surface area contributed by atoms with Crippen LogP contribution >= 0.6 is 0 Å². The van der Waals surface area contributed by atoms with Crippen molar-refractivity contribution < 1.29 is 9.53 Å². The fourth-order valence-electron chi connectivity index (χ4n) is 3.08. The second-order valence-corrected chi connectivity index (χ2v) is 5.89. The zero-order chi connectivity index (χ0) is 16.9. The average Bonchev–Trinajstić information content (AvgIpc) is 2.67. The predicted octanol–water partition coefficient (Wildman–Crippen LogP) is 2.23. The van der Waals surface area contributed by atoms with Gasteiger partial charge in [0.1, 0.15) is 5.75 Å². The lowest BCUT2D eigenvalue weighted by atomic mass is 9.89. The summed E-state index contributed by atoms with van der Waals surface area (Å²) in [6, 6.07) is 11.9. The van der Waals surface area contributed by atoms with E-state index in [4.69, 9.17) is 4.74 Å². The molecule has 0 bridgehead atoms. The van der Waals surface area contributed by atoms with E-state index in [1.807, 2.05) is 18.2 Å². The van der Waals surface area contributed by atoms with Gasteiger partial charge in [0.25, 0.3) is 5.91 Å². The summed E-state index contributed by atoms with van der Waals surface area (Å²) in [7, 11) is 3.28. The van der Waals surface area contributed by atoms with E-state index in [1.165, 1.54) is 5.56 Å². The number of piperidine rings is 1. The van der Waals surface area contributed by atoms with Crippen molar-refractivity contribution in [2.75, 3.05) is 32.1 Å². The highest BCUT2D eigenvalue weighted by Gasteiger charge is 2.22. The Labute approximate surface area is 141 Å². The lowest BCUT2D eigenvalue weighted by molar-refractivity contribution is 0.0957. The molecule has 0 spiro atoms. The first-order valence-electron chi connectivity index (χ1n) is 8.16. The normalized spacial score (nSPS) is 15.2. The summed E-state index contributed by atoms with van der Waals surface area (Å²) in [5, 5.41) is 10.7. The third-order valence-electron chi connectivity index (χ3n) is 4.49. The number of nitrogens with zero attached hydrogens (tertiary/aromatic N) is 3. The summed E-state index contributed by atoms with van der Waals surface area (Å²) in [5.41, 5.74) is 1.67. The third-order valence-corrected chi connectivity index (χ3v) is 4.49. The Kier molecular flexibility index (Phi) is 4.93. The van der Waals surface area contributed by atoms with E-state index in [1.54, 1.807) is 20.2 Å². The molecule has 126 valence electrons.